The molecular formula is C25H30ClN3O4. The normalized spacial score (nSPS) is 14.9. The van der Waals surface area contributed by atoms with Crippen LogP contribution < -0.4 is 16.0 Å². The molecule has 8 heteroatoms. The van der Waals surface area contributed by atoms with Gasteiger partial charge in [0.05, 0.1) is 22.0 Å². The topological polar surface area (TPSA) is 108 Å². The van der Waals surface area contributed by atoms with Crippen LogP contribution in [0.5, 0.6) is 0 Å². The number of urea groups is 1. The lowest BCUT2D eigenvalue weighted by atomic mass is 9.83. The molecule has 0 bridgehead atoms. The third-order valence-corrected chi connectivity index (χ3v) is 6.41. The van der Waals surface area contributed by atoms with Gasteiger partial charge < -0.3 is 21.1 Å². The standard InChI is InChI=1S/C25H30ClN3O4/c1-14-12-16(3)20(28-25(33)29-21-15(2)8-7-11-19(21)26)18(13-14)23(30)27-22(24(31)32)17-9-5-4-6-10-17/h7-8,11-13,17,22H,4-6,9-10H2,1-3H3,(H,27,30)(H,31,32)(H2,28,29,33)/t22-/m0/s1. The molecule has 0 unspecified atom stereocenters. The molecular weight excluding hydrogens is 442 g/mol. The Morgan fingerprint density at radius 3 is 2.27 bits per heavy atom. The minimum Gasteiger partial charge on any atom is -0.480 e. The number of para-hydroxylation sites is 1. The molecule has 1 fully saturated rings. The second-order valence-electron chi connectivity index (χ2n) is 8.70. The molecule has 2 aromatic rings. The summed E-state index contributed by atoms with van der Waals surface area (Å²) < 4.78 is 0. The fourth-order valence-corrected chi connectivity index (χ4v) is 4.70. The van der Waals surface area contributed by atoms with Crippen LogP contribution in [0.15, 0.2) is 30.3 Å². The van der Waals surface area contributed by atoms with Crippen LogP contribution in [0.4, 0.5) is 16.2 Å². The van der Waals surface area contributed by atoms with E-state index in [1.807, 2.05) is 26.0 Å². The summed E-state index contributed by atoms with van der Waals surface area (Å²) in [5, 5.41) is 18.4. The van der Waals surface area contributed by atoms with E-state index in [1.54, 1.807) is 25.1 Å². The summed E-state index contributed by atoms with van der Waals surface area (Å²) in [6.45, 7) is 5.46. The van der Waals surface area contributed by atoms with Gasteiger partial charge in [-0.3, -0.25) is 4.79 Å². The van der Waals surface area contributed by atoms with Crippen molar-refractivity contribution in [1.82, 2.24) is 5.32 Å². The zero-order valence-corrected chi connectivity index (χ0v) is 19.9. The maximum atomic E-state index is 13.2. The van der Waals surface area contributed by atoms with Gasteiger partial charge in [0.25, 0.3) is 5.91 Å². The molecule has 0 radical (unpaired) electrons. The number of benzene rings is 2. The van der Waals surface area contributed by atoms with Crippen LogP contribution in [0.3, 0.4) is 0 Å². The zero-order valence-electron chi connectivity index (χ0n) is 19.1. The van der Waals surface area contributed by atoms with Crippen LogP contribution >= 0.6 is 11.6 Å². The minimum atomic E-state index is -1.04. The minimum absolute atomic E-state index is 0.103. The average Bonchev–Trinajstić information content (AvgIpc) is 2.76. The monoisotopic (exact) mass is 471 g/mol. The van der Waals surface area contributed by atoms with Crippen molar-refractivity contribution in [3.63, 3.8) is 0 Å². The van der Waals surface area contributed by atoms with Gasteiger partial charge in [0.15, 0.2) is 0 Å². The van der Waals surface area contributed by atoms with Crippen molar-refractivity contribution in [2.45, 2.75) is 58.9 Å². The van der Waals surface area contributed by atoms with Crippen molar-refractivity contribution in [1.29, 1.82) is 0 Å². The quantitative estimate of drug-likeness (QED) is 0.435. The van der Waals surface area contributed by atoms with Crippen LogP contribution in [0, 0.1) is 26.7 Å². The number of hydrogen-bond donors (Lipinski definition) is 4. The fraction of sp³-hybridized carbons (Fsp3) is 0.400. The van der Waals surface area contributed by atoms with Crippen molar-refractivity contribution in [2.24, 2.45) is 5.92 Å². The summed E-state index contributed by atoms with van der Waals surface area (Å²) in [5.74, 6) is -1.67. The Hall–Kier alpha value is -3.06. The maximum Gasteiger partial charge on any atom is 0.326 e. The highest BCUT2D eigenvalue weighted by atomic mass is 35.5. The van der Waals surface area contributed by atoms with E-state index in [1.165, 1.54) is 0 Å². The van der Waals surface area contributed by atoms with Crippen molar-refractivity contribution in [2.75, 3.05) is 10.6 Å². The summed E-state index contributed by atoms with van der Waals surface area (Å²) in [4.78, 5) is 37.9. The van der Waals surface area contributed by atoms with E-state index in [2.05, 4.69) is 16.0 Å². The molecule has 0 aromatic heterocycles. The molecule has 33 heavy (non-hydrogen) atoms. The summed E-state index contributed by atoms with van der Waals surface area (Å²) in [7, 11) is 0. The van der Waals surface area contributed by atoms with Gasteiger partial charge in [0.1, 0.15) is 6.04 Å². The predicted octanol–water partition coefficient (Wildman–Crippen LogP) is 5.67. The van der Waals surface area contributed by atoms with Gasteiger partial charge in [0, 0.05) is 0 Å². The van der Waals surface area contributed by atoms with Gasteiger partial charge in [0.2, 0.25) is 0 Å². The highest BCUT2D eigenvalue weighted by Crippen LogP contribution is 2.29. The first kappa shape index (κ1) is 24.6. The molecule has 0 saturated heterocycles. The number of anilines is 2. The second-order valence-corrected chi connectivity index (χ2v) is 9.11. The molecule has 2 aromatic carbocycles. The highest BCUT2D eigenvalue weighted by molar-refractivity contribution is 6.34. The smallest absolute Gasteiger partial charge is 0.326 e. The maximum absolute atomic E-state index is 13.2. The highest BCUT2D eigenvalue weighted by Gasteiger charge is 2.31. The number of carboxylic acids is 1. The Labute approximate surface area is 198 Å². The zero-order chi connectivity index (χ0) is 24.1. The first-order chi connectivity index (χ1) is 15.7. The lowest BCUT2D eigenvalue weighted by Gasteiger charge is -2.28. The lowest BCUT2D eigenvalue weighted by Crippen LogP contribution is -2.46. The number of hydrogen-bond acceptors (Lipinski definition) is 3. The van der Waals surface area contributed by atoms with Gasteiger partial charge in [-0.1, -0.05) is 49.1 Å². The van der Waals surface area contributed by atoms with Crippen molar-refractivity contribution in [3.05, 3.63) is 57.6 Å². The number of nitrogens with one attached hydrogen (secondary N) is 3. The average molecular weight is 472 g/mol. The Balaban J connectivity index is 1.84. The molecule has 0 aliphatic heterocycles. The number of aryl methyl sites for hydroxylation is 3. The van der Waals surface area contributed by atoms with Crippen LogP contribution in [0.25, 0.3) is 0 Å². The van der Waals surface area contributed by atoms with Gasteiger partial charge in [-0.05, 0) is 68.4 Å². The number of aliphatic carboxylic acids is 1. The van der Waals surface area contributed by atoms with Gasteiger partial charge in [-0.2, -0.15) is 0 Å². The summed E-state index contributed by atoms with van der Waals surface area (Å²) in [6, 6.07) is 7.28. The van der Waals surface area contributed by atoms with E-state index in [-0.39, 0.29) is 11.5 Å². The second kappa shape index (κ2) is 10.7. The number of carbonyl (C=O) groups excluding carboxylic acids is 2. The third-order valence-electron chi connectivity index (χ3n) is 6.10. The molecule has 1 aliphatic rings. The van der Waals surface area contributed by atoms with Gasteiger partial charge in [-0.25, -0.2) is 9.59 Å². The lowest BCUT2D eigenvalue weighted by molar-refractivity contribution is -0.141. The summed E-state index contributed by atoms with van der Waals surface area (Å²) in [6.07, 6.45) is 4.55. The summed E-state index contributed by atoms with van der Waals surface area (Å²) in [5.41, 5.74) is 3.35. The number of carboxylic acid groups (broad SMARTS) is 1. The number of carbonyl (C=O) groups is 3. The largest absolute Gasteiger partial charge is 0.480 e. The van der Waals surface area contributed by atoms with Crippen molar-refractivity contribution >= 4 is 40.9 Å². The Morgan fingerprint density at radius 2 is 1.64 bits per heavy atom. The molecule has 4 N–H and O–H groups in total. The third kappa shape index (κ3) is 6.05. The molecule has 176 valence electrons. The molecule has 3 amide bonds. The van der Waals surface area contributed by atoms with Crippen molar-refractivity contribution < 1.29 is 19.5 Å². The number of halogens is 1. The van der Waals surface area contributed by atoms with Crippen LogP contribution in [0.2, 0.25) is 5.02 Å². The molecule has 3 rings (SSSR count). The Morgan fingerprint density at radius 1 is 0.970 bits per heavy atom. The molecule has 1 aliphatic carbocycles. The SMILES string of the molecule is Cc1cc(C)c(NC(=O)Nc2c(C)cccc2Cl)c(C(=O)N[C@H](C(=O)O)C2CCCCC2)c1. The first-order valence-corrected chi connectivity index (χ1v) is 11.5. The number of amides is 3. The molecule has 1 saturated carbocycles. The van der Waals surface area contributed by atoms with E-state index in [0.29, 0.717) is 22.0 Å². The van der Waals surface area contributed by atoms with E-state index in [4.69, 9.17) is 11.6 Å². The van der Waals surface area contributed by atoms with E-state index in [9.17, 15) is 19.5 Å². The molecule has 7 nitrogen and oxygen atoms in total. The first-order valence-electron chi connectivity index (χ1n) is 11.2. The van der Waals surface area contributed by atoms with Crippen molar-refractivity contribution in [3.8, 4) is 0 Å². The van der Waals surface area contributed by atoms with E-state index >= 15 is 0 Å². The summed E-state index contributed by atoms with van der Waals surface area (Å²) >= 11 is 6.21. The Kier molecular flexibility index (Phi) is 7.97. The molecule has 0 spiro atoms. The van der Waals surface area contributed by atoms with E-state index < -0.39 is 23.9 Å². The van der Waals surface area contributed by atoms with E-state index in [0.717, 1.165) is 43.2 Å². The Bertz CT molecular complexity index is 1040. The van der Waals surface area contributed by atoms with Gasteiger partial charge in [-0.15, -0.1) is 0 Å². The van der Waals surface area contributed by atoms with Gasteiger partial charge >= 0.3 is 12.0 Å². The van der Waals surface area contributed by atoms with Crippen LogP contribution in [-0.4, -0.2) is 29.1 Å². The predicted molar refractivity (Wildman–Crippen MR) is 130 cm³/mol. The molecule has 0 heterocycles. The van der Waals surface area contributed by atoms with Crippen LogP contribution in [0.1, 0.15) is 59.2 Å². The van der Waals surface area contributed by atoms with Crippen LogP contribution in [-0.2, 0) is 4.79 Å². The number of rotatable bonds is 6. The fourth-order valence-electron chi connectivity index (χ4n) is 4.43. The molecule has 1 atom stereocenters.